The van der Waals surface area contributed by atoms with E-state index in [0.29, 0.717) is 13.0 Å². The number of alkyl halides is 1. The minimum Gasteiger partial charge on any atom is -0.313 e. The van der Waals surface area contributed by atoms with Gasteiger partial charge in [-0.05, 0) is 25.5 Å². The lowest BCUT2D eigenvalue weighted by Gasteiger charge is -2.31. The van der Waals surface area contributed by atoms with E-state index in [-0.39, 0.29) is 0 Å². The summed E-state index contributed by atoms with van der Waals surface area (Å²) in [6, 6.07) is 7.55. The zero-order valence-corrected chi connectivity index (χ0v) is 9.48. The van der Waals surface area contributed by atoms with Gasteiger partial charge in [-0.15, -0.1) is 0 Å². The van der Waals surface area contributed by atoms with Gasteiger partial charge >= 0.3 is 0 Å². The number of piperidine rings is 1. The minimum atomic E-state index is -1.20. The van der Waals surface area contributed by atoms with Gasteiger partial charge < -0.3 is 5.32 Å². The van der Waals surface area contributed by atoms with Gasteiger partial charge in [-0.3, -0.25) is 0 Å². The van der Waals surface area contributed by atoms with E-state index in [9.17, 15) is 4.39 Å². The van der Waals surface area contributed by atoms with Gasteiger partial charge in [0.05, 0.1) is 0 Å². The molecule has 76 valence electrons. The molecule has 1 nitrogen and oxygen atoms in total. The molecule has 14 heavy (non-hydrogen) atoms. The van der Waals surface area contributed by atoms with Crippen LogP contribution in [0.1, 0.15) is 18.4 Å². The Bertz CT molecular complexity index is 321. The molecule has 0 saturated carbocycles. The van der Waals surface area contributed by atoms with Crippen molar-refractivity contribution >= 4 is 15.9 Å². The maximum absolute atomic E-state index is 14.5. The number of halogens is 2. The fourth-order valence-corrected chi connectivity index (χ4v) is 2.56. The van der Waals surface area contributed by atoms with Crippen molar-refractivity contribution in [2.45, 2.75) is 18.5 Å². The average molecular weight is 258 g/mol. The first kappa shape index (κ1) is 10.1. The summed E-state index contributed by atoms with van der Waals surface area (Å²) in [5.74, 6) is 0. The normalized spacial score (nSPS) is 27.6. The number of rotatable bonds is 1. The predicted octanol–water partition coefficient (Wildman–Crippen LogP) is 3.00. The molecule has 0 aliphatic carbocycles. The molecular weight excluding hydrogens is 245 g/mol. The van der Waals surface area contributed by atoms with Crippen LogP contribution in [0.3, 0.4) is 0 Å². The summed E-state index contributed by atoms with van der Waals surface area (Å²) >= 11 is 3.40. The summed E-state index contributed by atoms with van der Waals surface area (Å²) in [6.07, 6.45) is 1.51. The molecule has 1 heterocycles. The Morgan fingerprint density at radius 3 is 2.79 bits per heavy atom. The maximum Gasteiger partial charge on any atom is 0.149 e. The Balaban J connectivity index is 2.32. The van der Waals surface area contributed by atoms with Crippen LogP contribution in [0.25, 0.3) is 0 Å². The van der Waals surface area contributed by atoms with Crippen molar-refractivity contribution in [2.24, 2.45) is 0 Å². The van der Waals surface area contributed by atoms with Crippen LogP contribution in [0.5, 0.6) is 0 Å². The molecule has 0 aromatic heterocycles. The van der Waals surface area contributed by atoms with Gasteiger partial charge in [-0.2, -0.15) is 0 Å². The van der Waals surface area contributed by atoms with E-state index in [0.717, 1.165) is 23.0 Å². The van der Waals surface area contributed by atoms with Crippen molar-refractivity contribution in [1.29, 1.82) is 0 Å². The molecule has 3 heteroatoms. The van der Waals surface area contributed by atoms with E-state index >= 15 is 0 Å². The van der Waals surface area contributed by atoms with Crippen LogP contribution in [-0.4, -0.2) is 13.1 Å². The lowest BCUT2D eigenvalue weighted by molar-refractivity contribution is 0.121. The highest BCUT2D eigenvalue weighted by Crippen LogP contribution is 2.36. The summed E-state index contributed by atoms with van der Waals surface area (Å²) in [6.45, 7) is 1.35. The van der Waals surface area contributed by atoms with Crippen LogP contribution in [0, 0.1) is 0 Å². The number of hydrogen-bond donors (Lipinski definition) is 1. The zero-order chi connectivity index (χ0) is 10.0. The highest BCUT2D eigenvalue weighted by atomic mass is 79.9. The van der Waals surface area contributed by atoms with Crippen molar-refractivity contribution in [1.82, 2.24) is 5.32 Å². The molecular formula is C11H13BrFN. The van der Waals surface area contributed by atoms with Gasteiger partial charge in [0.1, 0.15) is 5.67 Å². The van der Waals surface area contributed by atoms with Crippen molar-refractivity contribution in [2.75, 3.05) is 13.1 Å². The van der Waals surface area contributed by atoms with E-state index in [1.165, 1.54) is 0 Å². The first-order valence-electron chi connectivity index (χ1n) is 4.87. The second-order valence-electron chi connectivity index (χ2n) is 3.73. The maximum atomic E-state index is 14.5. The first-order chi connectivity index (χ1) is 6.72. The van der Waals surface area contributed by atoms with Gasteiger partial charge in [0.25, 0.3) is 0 Å². The van der Waals surface area contributed by atoms with Crippen LogP contribution in [0.15, 0.2) is 28.7 Å². The third-order valence-corrected chi connectivity index (χ3v) is 3.38. The smallest absolute Gasteiger partial charge is 0.149 e. The molecule has 0 spiro atoms. The van der Waals surface area contributed by atoms with Crippen LogP contribution in [0.4, 0.5) is 4.39 Å². The molecule has 2 rings (SSSR count). The third kappa shape index (κ3) is 1.84. The molecule has 1 atom stereocenters. The van der Waals surface area contributed by atoms with E-state index in [4.69, 9.17) is 0 Å². The quantitative estimate of drug-likeness (QED) is 0.816. The van der Waals surface area contributed by atoms with Crippen LogP contribution >= 0.6 is 15.9 Å². The fourth-order valence-electron chi connectivity index (χ4n) is 1.92. The molecule has 0 amide bonds. The zero-order valence-electron chi connectivity index (χ0n) is 7.89. The molecule has 1 unspecified atom stereocenters. The largest absolute Gasteiger partial charge is 0.313 e. The first-order valence-corrected chi connectivity index (χ1v) is 5.66. The second-order valence-corrected chi connectivity index (χ2v) is 4.58. The monoisotopic (exact) mass is 257 g/mol. The highest BCUT2D eigenvalue weighted by molar-refractivity contribution is 9.10. The summed E-state index contributed by atoms with van der Waals surface area (Å²) < 4.78 is 15.3. The lowest BCUT2D eigenvalue weighted by atomic mass is 9.88. The van der Waals surface area contributed by atoms with Crippen LogP contribution in [-0.2, 0) is 5.67 Å². The van der Waals surface area contributed by atoms with Crippen molar-refractivity contribution in [3.05, 3.63) is 34.3 Å². The summed E-state index contributed by atoms with van der Waals surface area (Å²) in [5, 5.41) is 3.11. The number of nitrogens with one attached hydrogen (secondary N) is 1. The standard InChI is InChI=1S/C11H13BrFN/c12-10-5-2-1-4-9(10)11(13)6-3-7-14-8-11/h1-2,4-5,14H,3,6-8H2. The number of hydrogen-bond acceptors (Lipinski definition) is 1. The molecule has 1 aliphatic rings. The Morgan fingerprint density at radius 1 is 1.36 bits per heavy atom. The van der Waals surface area contributed by atoms with Gasteiger partial charge in [0.15, 0.2) is 0 Å². The average Bonchev–Trinajstić information content (AvgIpc) is 2.19. The molecule has 0 radical (unpaired) electrons. The van der Waals surface area contributed by atoms with Crippen LogP contribution in [0.2, 0.25) is 0 Å². The highest BCUT2D eigenvalue weighted by Gasteiger charge is 2.34. The van der Waals surface area contributed by atoms with Crippen molar-refractivity contribution in [3.8, 4) is 0 Å². The molecule has 1 saturated heterocycles. The molecule has 1 aromatic carbocycles. The Labute approximate surface area is 91.8 Å². The molecule has 0 bridgehead atoms. The molecule has 1 fully saturated rings. The van der Waals surface area contributed by atoms with Gasteiger partial charge in [-0.25, -0.2) is 4.39 Å². The second kappa shape index (κ2) is 3.99. The van der Waals surface area contributed by atoms with Gasteiger partial charge in [-0.1, -0.05) is 34.1 Å². The van der Waals surface area contributed by atoms with Crippen molar-refractivity contribution in [3.63, 3.8) is 0 Å². The Kier molecular flexibility index (Phi) is 2.88. The topological polar surface area (TPSA) is 12.0 Å². The van der Waals surface area contributed by atoms with Gasteiger partial charge in [0.2, 0.25) is 0 Å². The molecule has 1 aliphatic heterocycles. The summed E-state index contributed by atoms with van der Waals surface area (Å²) in [7, 11) is 0. The number of benzene rings is 1. The predicted molar refractivity (Wildman–Crippen MR) is 59.0 cm³/mol. The van der Waals surface area contributed by atoms with E-state index in [2.05, 4.69) is 21.2 Å². The van der Waals surface area contributed by atoms with E-state index < -0.39 is 5.67 Å². The van der Waals surface area contributed by atoms with Gasteiger partial charge in [0, 0.05) is 16.6 Å². The summed E-state index contributed by atoms with van der Waals surface area (Å²) in [4.78, 5) is 0. The Hall–Kier alpha value is -0.410. The van der Waals surface area contributed by atoms with Crippen LogP contribution < -0.4 is 5.32 Å². The summed E-state index contributed by atoms with van der Waals surface area (Å²) in [5.41, 5.74) is -0.426. The lowest BCUT2D eigenvalue weighted by Crippen LogP contribution is -2.40. The van der Waals surface area contributed by atoms with Crippen molar-refractivity contribution < 1.29 is 4.39 Å². The fraction of sp³-hybridized carbons (Fsp3) is 0.455. The Morgan fingerprint density at radius 2 is 2.14 bits per heavy atom. The molecule has 1 aromatic rings. The minimum absolute atomic E-state index is 0.426. The molecule has 1 N–H and O–H groups in total. The van der Waals surface area contributed by atoms with E-state index in [1.807, 2.05) is 24.3 Å². The SMILES string of the molecule is FC1(c2ccccc2Br)CCCNC1. The van der Waals surface area contributed by atoms with E-state index in [1.54, 1.807) is 0 Å². The third-order valence-electron chi connectivity index (χ3n) is 2.69.